The smallest absolute Gasteiger partial charge is 0.418 e. The van der Waals surface area contributed by atoms with Crippen LogP contribution in [0.2, 0.25) is 0 Å². The van der Waals surface area contributed by atoms with E-state index in [0.29, 0.717) is 11.8 Å². The second-order valence-corrected chi connectivity index (χ2v) is 5.19. The number of nitrogens with zero attached hydrogens (tertiary/aromatic N) is 2. The Bertz CT molecular complexity index is 896. The van der Waals surface area contributed by atoms with Gasteiger partial charge in [-0.2, -0.15) is 18.3 Å². The third-order valence-electron chi connectivity index (χ3n) is 3.53. The van der Waals surface area contributed by atoms with E-state index in [2.05, 4.69) is 10.2 Å². The Labute approximate surface area is 140 Å². The first kappa shape index (κ1) is 16.9. The van der Waals surface area contributed by atoms with Gasteiger partial charge < -0.3 is 9.47 Å². The average Bonchev–Trinajstić information content (AvgIpc) is 2.59. The van der Waals surface area contributed by atoms with Gasteiger partial charge in [0.1, 0.15) is 29.4 Å². The Balaban J connectivity index is 1.95. The monoisotopic (exact) mass is 352 g/mol. The first-order valence-electron chi connectivity index (χ1n) is 7.16. The molecule has 0 fully saturated rings. The van der Waals surface area contributed by atoms with Gasteiger partial charge in [-0.25, -0.2) is 4.39 Å². The largest absolute Gasteiger partial charge is 0.497 e. The van der Waals surface area contributed by atoms with Gasteiger partial charge in [0.05, 0.1) is 18.9 Å². The van der Waals surface area contributed by atoms with Crippen LogP contribution in [0.3, 0.4) is 0 Å². The van der Waals surface area contributed by atoms with Gasteiger partial charge in [0.15, 0.2) is 0 Å². The Morgan fingerprint density at radius 1 is 1.08 bits per heavy atom. The van der Waals surface area contributed by atoms with Crippen molar-refractivity contribution < 1.29 is 27.0 Å². The van der Waals surface area contributed by atoms with Crippen molar-refractivity contribution in [2.75, 3.05) is 7.11 Å². The van der Waals surface area contributed by atoms with Crippen LogP contribution in [-0.2, 0) is 12.8 Å². The van der Waals surface area contributed by atoms with Crippen molar-refractivity contribution in [3.05, 3.63) is 59.5 Å². The zero-order chi connectivity index (χ0) is 18.0. The molecular weight excluding hydrogens is 340 g/mol. The highest BCUT2D eigenvalue weighted by molar-refractivity contribution is 5.87. The molecule has 0 aliphatic carbocycles. The molecule has 0 saturated heterocycles. The number of alkyl halides is 3. The summed E-state index contributed by atoms with van der Waals surface area (Å²) in [5.41, 5.74) is -0.885. The van der Waals surface area contributed by atoms with Crippen molar-refractivity contribution in [3.8, 4) is 11.5 Å². The fourth-order valence-corrected chi connectivity index (χ4v) is 2.32. The molecule has 0 radical (unpaired) electrons. The lowest BCUT2D eigenvalue weighted by atomic mass is 10.1. The summed E-state index contributed by atoms with van der Waals surface area (Å²) in [6.45, 7) is 0.0721. The van der Waals surface area contributed by atoms with Gasteiger partial charge in [-0.15, -0.1) is 5.10 Å². The zero-order valence-electron chi connectivity index (χ0n) is 13.0. The predicted molar refractivity (Wildman–Crippen MR) is 81.8 cm³/mol. The molecule has 0 spiro atoms. The number of halogens is 4. The molecule has 1 heterocycles. The molecule has 0 amide bonds. The van der Waals surface area contributed by atoms with Gasteiger partial charge >= 0.3 is 6.18 Å². The van der Waals surface area contributed by atoms with Crippen LogP contribution in [0.25, 0.3) is 10.9 Å². The van der Waals surface area contributed by atoms with Gasteiger partial charge in [-0.1, -0.05) is 12.1 Å². The molecule has 8 heteroatoms. The highest BCUT2D eigenvalue weighted by Crippen LogP contribution is 2.36. The molecule has 3 aromatic rings. The van der Waals surface area contributed by atoms with Gasteiger partial charge in [-0.05, 0) is 29.8 Å². The summed E-state index contributed by atoms with van der Waals surface area (Å²) in [5, 5.41) is 6.95. The molecule has 0 saturated carbocycles. The maximum Gasteiger partial charge on any atom is 0.418 e. The Morgan fingerprint density at radius 3 is 2.44 bits per heavy atom. The molecule has 0 aliphatic heterocycles. The summed E-state index contributed by atoms with van der Waals surface area (Å²) in [6, 6.07) is 8.29. The lowest BCUT2D eigenvalue weighted by molar-refractivity contribution is -0.136. The van der Waals surface area contributed by atoms with E-state index in [4.69, 9.17) is 9.47 Å². The van der Waals surface area contributed by atoms with Crippen molar-refractivity contribution >= 4 is 10.9 Å². The molecule has 0 atom stereocenters. The fraction of sp³-hybridized carbons (Fsp3) is 0.176. The van der Waals surface area contributed by atoms with E-state index in [0.717, 1.165) is 17.8 Å². The molecule has 0 N–H and O–H groups in total. The molecule has 25 heavy (non-hydrogen) atoms. The van der Waals surface area contributed by atoms with E-state index >= 15 is 0 Å². The normalized spacial score (nSPS) is 11.6. The van der Waals surface area contributed by atoms with Crippen LogP contribution in [-0.4, -0.2) is 17.3 Å². The number of hydrogen-bond acceptors (Lipinski definition) is 4. The minimum Gasteiger partial charge on any atom is -0.497 e. The Kier molecular flexibility index (Phi) is 4.43. The van der Waals surface area contributed by atoms with Crippen molar-refractivity contribution in [1.82, 2.24) is 10.2 Å². The first-order valence-corrected chi connectivity index (χ1v) is 7.16. The summed E-state index contributed by atoms with van der Waals surface area (Å²) in [6.07, 6.45) is -3.59. The highest BCUT2D eigenvalue weighted by atomic mass is 19.4. The van der Waals surface area contributed by atoms with E-state index in [1.54, 1.807) is 24.3 Å². The number of aromatic nitrogens is 2. The molecule has 0 aliphatic rings. The van der Waals surface area contributed by atoms with Crippen LogP contribution in [0.15, 0.2) is 42.6 Å². The molecule has 0 bridgehead atoms. The minimum absolute atomic E-state index is 0.0193. The lowest BCUT2D eigenvalue weighted by Gasteiger charge is -2.12. The number of methoxy groups -OCH3 is 1. The van der Waals surface area contributed by atoms with Crippen LogP contribution in [0, 0.1) is 5.82 Å². The number of hydrogen-bond donors (Lipinski definition) is 0. The fourth-order valence-electron chi connectivity index (χ4n) is 2.32. The van der Waals surface area contributed by atoms with E-state index in [1.807, 2.05) is 0 Å². The number of benzene rings is 2. The SMILES string of the molecule is COc1ccc(COc2cnnc3c(C(F)(F)F)cc(F)cc23)cc1. The summed E-state index contributed by atoms with van der Waals surface area (Å²) in [5.74, 6) is -0.343. The van der Waals surface area contributed by atoms with Crippen LogP contribution >= 0.6 is 0 Å². The summed E-state index contributed by atoms with van der Waals surface area (Å²) in [7, 11) is 1.53. The zero-order valence-corrected chi connectivity index (χ0v) is 13.0. The summed E-state index contributed by atoms with van der Waals surface area (Å²) in [4.78, 5) is 0. The number of fused-ring (bicyclic) bond motifs is 1. The molecule has 0 unspecified atom stereocenters. The highest BCUT2D eigenvalue weighted by Gasteiger charge is 2.34. The van der Waals surface area contributed by atoms with Gasteiger partial charge in [0, 0.05) is 5.39 Å². The predicted octanol–water partition coefficient (Wildman–Crippen LogP) is 4.38. The van der Waals surface area contributed by atoms with E-state index in [1.165, 1.54) is 7.11 Å². The molecule has 4 nitrogen and oxygen atoms in total. The second kappa shape index (κ2) is 6.54. The van der Waals surface area contributed by atoms with Crippen molar-refractivity contribution in [1.29, 1.82) is 0 Å². The van der Waals surface area contributed by atoms with E-state index in [-0.39, 0.29) is 17.7 Å². The molecule has 1 aromatic heterocycles. The Hall–Kier alpha value is -2.90. The quantitative estimate of drug-likeness (QED) is 0.654. The van der Waals surface area contributed by atoms with Gasteiger partial charge in [-0.3, -0.25) is 0 Å². The maximum atomic E-state index is 13.6. The summed E-state index contributed by atoms with van der Waals surface area (Å²) >= 11 is 0. The molecule has 3 rings (SSSR count). The molecule has 130 valence electrons. The van der Waals surface area contributed by atoms with Crippen LogP contribution in [0.5, 0.6) is 11.5 Å². The standard InChI is InChI=1S/C17H12F4N2O2/c1-24-12-4-2-10(3-5-12)9-25-15-8-22-23-16-13(15)6-11(18)7-14(16)17(19,20)21/h2-8H,9H2,1H3. The second-order valence-electron chi connectivity index (χ2n) is 5.19. The van der Waals surface area contributed by atoms with Gasteiger partial charge in [0.25, 0.3) is 0 Å². The van der Waals surface area contributed by atoms with Crippen LogP contribution in [0.4, 0.5) is 17.6 Å². The van der Waals surface area contributed by atoms with Crippen LogP contribution < -0.4 is 9.47 Å². The molecule has 2 aromatic carbocycles. The van der Waals surface area contributed by atoms with E-state index in [9.17, 15) is 17.6 Å². The lowest BCUT2D eigenvalue weighted by Crippen LogP contribution is -2.08. The van der Waals surface area contributed by atoms with Crippen molar-refractivity contribution in [2.24, 2.45) is 0 Å². The van der Waals surface area contributed by atoms with E-state index < -0.39 is 23.1 Å². The minimum atomic E-state index is -4.75. The topological polar surface area (TPSA) is 44.2 Å². The third-order valence-corrected chi connectivity index (χ3v) is 3.53. The van der Waals surface area contributed by atoms with Crippen molar-refractivity contribution in [2.45, 2.75) is 12.8 Å². The Morgan fingerprint density at radius 2 is 1.80 bits per heavy atom. The average molecular weight is 352 g/mol. The number of ether oxygens (including phenoxy) is 2. The van der Waals surface area contributed by atoms with Gasteiger partial charge in [0.2, 0.25) is 0 Å². The summed E-state index contributed by atoms with van der Waals surface area (Å²) < 4.78 is 63.4. The maximum absolute atomic E-state index is 13.6. The molecular formula is C17H12F4N2O2. The third kappa shape index (κ3) is 3.62. The van der Waals surface area contributed by atoms with Crippen molar-refractivity contribution in [3.63, 3.8) is 0 Å². The first-order chi connectivity index (χ1) is 11.9. The van der Waals surface area contributed by atoms with Crippen LogP contribution in [0.1, 0.15) is 11.1 Å². The number of rotatable bonds is 4.